The van der Waals surface area contributed by atoms with Gasteiger partial charge in [0.2, 0.25) is 0 Å². The lowest BCUT2D eigenvalue weighted by Crippen LogP contribution is -2.13. The normalized spacial score (nSPS) is 11.3. The number of nitrogens with zero attached hydrogens (tertiary/aromatic N) is 1. The summed E-state index contributed by atoms with van der Waals surface area (Å²) in [5.41, 5.74) is 0.126. The van der Waals surface area contributed by atoms with E-state index in [0.29, 0.717) is 0 Å². The van der Waals surface area contributed by atoms with Gasteiger partial charge in [-0.2, -0.15) is 0 Å². The van der Waals surface area contributed by atoms with Gasteiger partial charge in [0.15, 0.2) is 0 Å². The number of hydrogen-bond donors (Lipinski definition) is 1. The Morgan fingerprint density at radius 3 is 2.16 bits per heavy atom. The predicted octanol–water partition coefficient (Wildman–Crippen LogP) is 3.84. The van der Waals surface area contributed by atoms with E-state index in [-0.39, 0.29) is 25.8 Å². The van der Waals surface area contributed by atoms with Crippen molar-refractivity contribution < 1.29 is 8.42 Å². The van der Waals surface area contributed by atoms with Gasteiger partial charge in [0.05, 0.1) is 15.7 Å². The molecule has 1 N–H and O–H groups in total. The monoisotopic (exact) mass is 336 g/mol. The molecule has 0 spiro atoms. The van der Waals surface area contributed by atoms with Gasteiger partial charge in [-0.25, -0.2) is 13.4 Å². The van der Waals surface area contributed by atoms with Gasteiger partial charge in [0.25, 0.3) is 10.0 Å². The van der Waals surface area contributed by atoms with Crippen molar-refractivity contribution in [2.75, 3.05) is 4.72 Å². The third kappa shape index (κ3) is 3.30. The maximum atomic E-state index is 12.1. The van der Waals surface area contributed by atoms with Crippen molar-refractivity contribution in [3.05, 3.63) is 51.7 Å². The Bertz CT molecular complexity index is 682. The number of rotatable bonds is 3. The van der Waals surface area contributed by atoms with Gasteiger partial charge in [0, 0.05) is 6.20 Å². The van der Waals surface area contributed by atoms with E-state index in [0.717, 1.165) is 6.20 Å². The largest absolute Gasteiger partial charge is 0.277 e. The first kappa shape index (κ1) is 14.4. The van der Waals surface area contributed by atoms with Gasteiger partial charge >= 0.3 is 0 Å². The summed E-state index contributed by atoms with van der Waals surface area (Å²) in [5.74, 6) is 0. The number of anilines is 1. The number of benzene rings is 1. The van der Waals surface area contributed by atoms with Crippen molar-refractivity contribution in [2.24, 2.45) is 0 Å². The highest BCUT2D eigenvalue weighted by Crippen LogP contribution is 2.31. The predicted molar refractivity (Wildman–Crippen MR) is 76.5 cm³/mol. The average molecular weight is 338 g/mol. The van der Waals surface area contributed by atoms with Crippen molar-refractivity contribution >= 4 is 50.5 Å². The molecule has 0 aliphatic heterocycles. The van der Waals surface area contributed by atoms with E-state index in [9.17, 15) is 8.42 Å². The molecule has 8 heteroatoms. The van der Waals surface area contributed by atoms with Crippen LogP contribution in [0.25, 0.3) is 0 Å². The summed E-state index contributed by atoms with van der Waals surface area (Å²) in [6, 6.07) is 7.40. The van der Waals surface area contributed by atoms with Crippen LogP contribution in [0.4, 0.5) is 5.69 Å². The van der Waals surface area contributed by atoms with Gasteiger partial charge in [0.1, 0.15) is 10.0 Å². The Morgan fingerprint density at radius 1 is 1.00 bits per heavy atom. The van der Waals surface area contributed by atoms with Crippen LogP contribution in [0, 0.1) is 0 Å². The molecule has 100 valence electrons. The molecule has 4 nitrogen and oxygen atoms in total. The zero-order valence-corrected chi connectivity index (χ0v) is 12.4. The van der Waals surface area contributed by atoms with Gasteiger partial charge < -0.3 is 0 Å². The summed E-state index contributed by atoms with van der Waals surface area (Å²) in [5, 5.41) is 0.616. The lowest BCUT2D eigenvalue weighted by Gasteiger charge is -2.10. The molecular formula is C11H7Cl3N2O2S. The second-order valence-electron chi connectivity index (χ2n) is 3.52. The smallest absolute Gasteiger partial charge is 0.263 e. The van der Waals surface area contributed by atoms with Gasteiger partial charge in [-0.15, -0.1) is 0 Å². The third-order valence-corrected chi connectivity index (χ3v) is 4.40. The Morgan fingerprint density at radius 2 is 1.63 bits per heavy atom. The quantitative estimate of drug-likeness (QED) is 0.866. The molecule has 0 radical (unpaired) electrons. The highest BCUT2D eigenvalue weighted by Gasteiger charge is 2.17. The molecule has 0 saturated heterocycles. The summed E-state index contributed by atoms with van der Waals surface area (Å²) >= 11 is 17.4. The highest BCUT2D eigenvalue weighted by atomic mass is 35.5. The molecule has 0 fully saturated rings. The molecule has 0 saturated carbocycles. The van der Waals surface area contributed by atoms with E-state index >= 15 is 0 Å². The standard InChI is InChI=1S/C11H7Cl3N2O2S/c12-8-2-1-3-9(13)11(8)16-19(17,18)7-4-5-10(14)15-6-7/h1-6,16H. The number of hydrogen-bond acceptors (Lipinski definition) is 3. The van der Waals surface area contributed by atoms with Crippen LogP contribution in [0.3, 0.4) is 0 Å². The van der Waals surface area contributed by atoms with Crippen LogP contribution < -0.4 is 4.72 Å². The number of sulfonamides is 1. The number of aromatic nitrogens is 1. The summed E-state index contributed by atoms with van der Waals surface area (Å²) in [6.45, 7) is 0. The number of para-hydroxylation sites is 1. The molecule has 0 aliphatic carbocycles. The number of nitrogens with one attached hydrogen (secondary N) is 1. The van der Waals surface area contributed by atoms with E-state index in [1.165, 1.54) is 24.3 Å². The fraction of sp³-hybridized carbons (Fsp3) is 0. The van der Waals surface area contributed by atoms with Crippen molar-refractivity contribution in [3.8, 4) is 0 Å². The molecular weight excluding hydrogens is 331 g/mol. The lowest BCUT2D eigenvalue weighted by atomic mass is 10.3. The van der Waals surface area contributed by atoms with Gasteiger partial charge in [-0.1, -0.05) is 40.9 Å². The first-order valence-electron chi connectivity index (χ1n) is 4.98. The van der Waals surface area contributed by atoms with E-state index in [1.54, 1.807) is 6.07 Å². The minimum Gasteiger partial charge on any atom is -0.277 e. The highest BCUT2D eigenvalue weighted by molar-refractivity contribution is 7.92. The number of pyridine rings is 1. The number of halogens is 3. The SMILES string of the molecule is O=S(=O)(Nc1c(Cl)cccc1Cl)c1ccc(Cl)nc1. The fourth-order valence-corrected chi connectivity index (χ4v) is 3.07. The molecule has 1 heterocycles. The van der Waals surface area contributed by atoms with Gasteiger partial charge in [-0.05, 0) is 24.3 Å². The minimum atomic E-state index is -3.82. The molecule has 2 rings (SSSR count). The third-order valence-electron chi connectivity index (χ3n) is 2.21. The van der Waals surface area contributed by atoms with Gasteiger partial charge in [-0.3, -0.25) is 4.72 Å². The maximum absolute atomic E-state index is 12.1. The average Bonchev–Trinajstić information content (AvgIpc) is 2.35. The minimum absolute atomic E-state index is 0.0344. The summed E-state index contributed by atoms with van der Waals surface area (Å²) in [4.78, 5) is 3.68. The van der Waals surface area contributed by atoms with E-state index in [1.807, 2.05) is 0 Å². The van der Waals surface area contributed by atoms with Crippen LogP contribution in [0.1, 0.15) is 0 Å². The van der Waals surface area contributed by atoms with E-state index < -0.39 is 10.0 Å². The van der Waals surface area contributed by atoms with E-state index in [2.05, 4.69) is 9.71 Å². The molecule has 19 heavy (non-hydrogen) atoms. The van der Waals surface area contributed by atoms with Crippen LogP contribution in [0.5, 0.6) is 0 Å². The fourth-order valence-electron chi connectivity index (χ4n) is 1.31. The summed E-state index contributed by atoms with van der Waals surface area (Å²) in [7, 11) is -3.82. The molecule has 0 atom stereocenters. The summed E-state index contributed by atoms with van der Waals surface area (Å²) in [6.07, 6.45) is 1.15. The van der Waals surface area contributed by atoms with Crippen molar-refractivity contribution in [2.45, 2.75) is 4.90 Å². The Hall–Kier alpha value is -1.01. The van der Waals surface area contributed by atoms with Crippen LogP contribution in [0.15, 0.2) is 41.4 Å². The van der Waals surface area contributed by atoms with Crippen LogP contribution in [0.2, 0.25) is 15.2 Å². The lowest BCUT2D eigenvalue weighted by molar-refractivity contribution is 0.601. The second-order valence-corrected chi connectivity index (χ2v) is 6.40. The van der Waals surface area contributed by atoms with Crippen LogP contribution in [-0.4, -0.2) is 13.4 Å². The van der Waals surface area contributed by atoms with Crippen molar-refractivity contribution in [1.82, 2.24) is 4.98 Å². The first-order valence-corrected chi connectivity index (χ1v) is 7.60. The van der Waals surface area contributed by atoms with Crippen LogP contribution in [-0.2, 0) is 10.0 Å². The summed E-state index contributed by atoms with van der Waals surface area (Å²) < 4.78 is 26.5. The Kier molecular flexibility index (Phi) is 4.20. The molecule has 0 amide bonds. The Labute approximate surface area is 125 Å². The molecule has 0 unspecified atom stereocenters. The zero-order chi connectivity index (χ0) is 14.0. The van der Waals surface area contributed by atoms with Crippen molar-refractivity contribution in [1.29, 1.82) is 0 Å². The topological polar surface area (TPSA) is 59.1 Å². The van der Waals surface area contributed by atoms with Crippen molar-refractivity contribution in [3.63, 3.8) is 0 Å². The molecule has 2 aromatic rings. The van der Waals surface area contributed by atoms with E-state index in [4.69, 9.17) is 34.8 Å². The molecule has 0 bridgehead atoms. The zero-order valence-electron chi connectivity index (χ0n) is 9.27. The molecule has 1 aromatic carbocycles. The first-order chi connectivity index (χ1) is 8.90. The maximum Gasteiger partial charge on any atom is 0.263 e. The van der Waals surface area contributed by atoms with Crippen LogP contribution >= 0.6 is 34.8 Å². The second kappa shape index (κ2) is 5.54. The Balaban J connectivity index is 2.39. The molecule has 0 aliphatic rings. The molecule has 1 aromatic heterocycles.